The molecule has 38 heavy (non-hydrogen) atoms. The van der Waals surface area contributed by atoms with Crippen LogP contribution in [-0.4, -0.2) is 64.6 Å². The molecule has 2 fully saturated rings. The first-order valence-electron chi connectivity index (χ1n) is 13.0. The third kappa shape index (κ3) is 5.90. The highest BCUT2D eigenvalue weighted by atomic mass is 32.1. The molecule has 0 bridgehead atoms. The van der Waals surface area contributed by atoms with Gasteiger partial charge in [-0.15, -0.1) is 21.5 Å². The van der Waals surface area contributed by atoms with E-state index in [-0.39, 0.29) is 12.1 Å². The molecule has 1 aromatic carbocycles. The van der Waals surface area contributed by atoms with Crippen LogP contribution in [-0.2, 0) is 4.74 Å². The van der Waals surface area contributed by atoms with Crippen LogP contribution in [0, 0.1) is 18.8 Å². The predicted octanol–water partition coefficient (Wildman–Crippen LogP) is 5.95. The summed E-state index contributed by atoms with van der Waals surface area (Å²) < 4.78 is 25.5. The molecule has 1 unspecified atom stereocenters. The van der Waals surface area contributed by atoms with Crippen LogP contribution in [0.5, 0.6) is 5.75 Å². The monoisotopic (exact) mass is 539 g/mol. The Hall–Kier alpha value is -3.27. The standard InChI is InChI=1S/C28H34FN5O3S/c1-17-30-26(29)25(38-17)19-8-9-21(23(14-19)36-5)22-10-11-24(32-31-22)33-13-12-20(16-33)34(15-18-6-7-18)27(35)37-28(2,3)4/h8-11,14,18,20H,6-7,12-13,15-16H2,1-5H3. The number of rotatable bonds is 7. The smallest absolute Gasteiger partial charge is 0.410 e. The zero-order valence-corrected chi connectivity index (χ0v) is 23.3. The maximum Gasteiger partial charge on any atom is 0.410 e. The Morgan fingerprint density at radius 3 is 2.58 bits per heavy atom. The molecule has 1 atom stereocenters. The number of halogens is 1. The van der Waals surface area contributed by atoms with Crippen molar-refractivity contribution in [3.63, 3.8) is 0 Å². The van der Waals surface area contributed by atoms with Crippen molar-refractivity contribution < 1.29 is 18.7 Å². The molecule has 3 aromatic rings. The Bertz CT molecular complexity index is 1300. The van der Waals surface area contributed by atoms with Gasteiger partial charge < -0.3 is 19.3 Å². The van der Waals surface area contributed by atoms with Gasteiger partial charge in [-0.1, -0.05) is 6.07 Å². The van der Waals surface area contributed by atoms with Crippen molar-refractivity contribution in [3.8, 4) is 27.4 Å². The first-order valence-corrected chi connectivity index (χ1v) is 13.8. The van der Waals surface area contributed by atoms with E-state index in [2.05, 4.69) is 20.1 Å². The van der Waals surface area contributed by atoms with Gasteiger partial charge >= 0.3 is 6.09 Å². The van der Waals surface area contributed by atoms with Crippen molar-refractivity contribution in [2.75, 3.05) is 31.6 Å². The van der Waals surface area contributed by atoms with Gasteiger partial charge in [-0.2, -0.15) is 4.39 Å². The minimum atomic E-state index is -0.522. The Morgan fingerprint density at radius 1 is 1.18 bits per heavy atom. The molecule has 2 aromatic heterocycles. The minimum Gasteiger partial charge on any atom is -0.496 e. The fraction of sp³-hybridized carbons (Fsp3) is 0.500. The highest BCUT2D eigenvalue weighted by Crippen LogP contribution is 2.37. The van der Waals surface area contributed by atoms with E-state index in [0.29, 0.717) is 39.4 Å². The van der Waals surface area contributed by atoms with Gasteiger partial charge in [0.05, 0.1) is 28.7 Å². The second kappa shape index (κ2) is 10.5. The molecule has 3 heterocycles. The Balaban J connectivity index is 1.30. The summed E-state index contributed by atoms with van der Waals surface area (Å²) in [6, 6.07) is 9.46. The number of benzene rings is 1. The Kier molecular flexibility index (Phi) is 7.26. The summed E-state index contributed by atoms with van der Waals surface area (Å²) in [4.78, 5) is 21.4. The van der Waals surface area contributed by atoms with Gasteiger partial charge in [0, 0.05) is 30.8 Å². The maximum atomic E-state index is 14.2. The number of carbonyl (C=O) groups is 1. The van der Waals surface area contributed by atoms with Crippen LogP contribution in [0.1, 0.15) is 45.0 Å². The molecule has 1 aliphatic heterocycles. The molecule has 1 saturated carbocycles. The fourth-order valence-corrected chi connectivity index (χ4v) is 5.53. The van der Waals surface area contributed by atoms with E-state index in [9.17, 15) is 9.18 Å². The van der Waals surface area contributed by atoms with Crippen molar-refractivity contribution in [3.05, 3.63) is 41.3 Å². The van der Waals surface area contributed by atoms with Gasteiger partial charge in [0.2, 0.25) is 5.95 Å². The Morgan fingerprint density at radius 2 is 1.97 bits per heavy atom. The molecule has 2 aliphatic rings. The SMILES string of the molecule is COc1cc(-c2sc(C)nc2F)ccc1-c1ccc(N2CCC(N(CC3CC3)C(=O)OC(C)(C)C)C2)nn1. The first-order chi connectivity index (χ1) is 18.1. The molecular weight excluding hydrogens is 505 g/mol. The van der Waals surface area contributed by atoms with Gasteiger partial charge in [0.15, 0.2) is 5.82 Å². The number of carbonyl (C=O) groups excluding carboxylic acids is 1. The van der Waals surface area contributed by atoms with E-state index in [1.165, 1.54) is 24.2 Å². The summed E-state index contributed by atoms with van der Waals surface area (Å²) in [5, 5.41) is 9.65. The molecule has 10 heteroatoms. The number of hydrogen-bond acceptors (Lipinski definition) is 8. The number of amides is 1. The summed E-state index contributed by atoms with van der Waals surface area (Å²) in [6.07, 6.45) is 2.97. The zero-order valence-electron chi connectivity index (χ0n) is 22.5. The molecule has 0 spiro atoms. The van der Waals surface area contributed by atoms with E-state index in [0.717, 1.165) is 30.9 Å². The third-order valence-corrected chi connectivity index (χ3v) is 7.79. The number of hydrogen-bond donors (Lipinski definition) is 0. The highest BCUT2D eigenvalue weighted by molar-refractivity contribution is 7.15. The zero-order chi connectivity index (χ0) is 27.0. The van der Waals surface area contributed by atoms with Crippen molar-refractivity contribution in [2.24, 2.45) is 5.92 Å². The molecule has 0 N–H and O–H groups in total. The lowest BCUT2D eigenvalue weighted by atomic mass is 10.1. The quantitative estimate of drug-likeness (QED) is 0.367. The summed E-state index contributed by atoms with van der Waals surface area (Å²) in [7, 11) is 1.58. The first kappa shape index (κ1) is 26.3. The molecule has 202 valence electrons. The van der Waals surface area contributed by atoms with Gasteiger partial charge in [-0.05, 0) is 77.1 Å². The van der Waals surface area contributed by atoms with Gasteiger partial charge in [0.25, 0.3) is 0 Å². The summed E-state index contributed by atoms with van der Waals surface area (Å²) in [5.41, 5.74) is 1.63. The third-order valence-electron chi connectivity index (χ3n) is 6.79. The fourth-order valence-electron chi connectivity index (χ4n) is 4.74. The number of nitrogens with zero attached hydrogens (tertiary/aromatic N) is 5. The largest absolute Gasteiger partial charge is 0.496 e. The average molecular weight is 540 g/mol. The summed E-state index contributed by atoms with van der Waals surface area (Å²) in [6.45, 7) is 9.72. The van der Waals surface area contributed by atoms with Crippen molar-refractivity contribution >= 4 is 23.2 Å². The van der Waals surface area contributed by atoms with Gasteiger partial charge in [-0.3, -0.25) is 0 Å². The lowest BCUT2D eigenvalue weighted by Crippen LogP contribution is -2.45. The van der Waals surface area contributed by atoms with Crippen molar-refractivity contribution in [2.45, 2.75) is 58.6 Å². The summed E-state index contributed by atoms with van der Waals surface area (Å²) in [5.74, 6) is 1.46. The number of aromatic nitrogens is 3. The lowest BCUT2D eigenvalue weighted by Gasteiger charge is -2.31. The van der Waals surface area contributed by atoms with Gasteiger partial charge in [-0.25, -0.2) is 9.78 Å². The molecule has 1 saturated heterocycles. The van der Waals surface area contributed by atoms with Crippen LogP contribution in [0.4, 0.5) is 15.0 Å². The van der Waals surface area contributed by atoms with Crippen molar-refractivity contribution in [1.29, 1.82) is 0 Å². The summed E-state index contributed by atoms with van der Waals surface area (Å²) >= 11 is 1.31. The van der Waals surface area contributed by atoms with Crippen LogP contribution in [0.15, 0.2) is 30.3 Å². The van der Waals surface area contributed by atoms with Crippen LogP contribution in [0.2, 0.25) is 0 Å². The van der Waals surface area contributed by atoms with E-state index < -0.39 is 11.5 Å². The van der Waals surface area contributed by atoms with Crippen LogP contribution in [0.3, 0.4) is 0 Å². The van der Waals surface area contributed by atoms with E-state index in [1.54, 1.807) is 20.1 Å². The Labute approximate surface area is 226 Å². The van der Waals surface area contributed by atoms with Gasteiger partial charge in [0.1, 0.15) is 11.4 Å². The molecule has 0 radical (unpaired) electrons. The highest BCUT2D eigenvalue weighted by Gasteiger charge is 2.37. The maximum absolute atomic E-state index is 14.2. The van der Waals surface area contributed by atoms with E-state index >= 15 is 0 Å². The van der Waals surface area contributed by atoms with E-state index in [4.69, 9.17) is 9.47 Å². The van der Waals surface area contributed by atoms with Crippen LogP contribution in [0.25, 0.3) is 21.7 Å². The molecule has 1 aliphatic carbocycles. The molecular formula is C28H34FN5O3S. The number of thiazole rings is 1. The normalized spacial score (nSPS) is 17.5. The minimum absolute atomic E-state index is 0.0790. The molecule has 5 rings (SSSR count). The number of ether oxygens (including phenoxy) is 2. The number of anilines is 1. The average Bonchev–Trinajstić information content (AvgIpc) is 3.45. The van der Waals surface area contributed by atoms with Crippen molar-refractivity contribution in [1.82, 2.24) is 20.1 Å². The van der Waals surface area contributed by atoms with Crippen LogP contribution < -0.4 is 9.64 Å². The molecule has 8 nitrogen and oxygen atoms in total. The lowest BCUT2D eigenvalue weighted by molar-refractivity contribution is 0.0167. The second-order valence-corrected chi connectivity index (χ2v) is 12.2. The second-order valence-electron chi connectivity index (χ2n) is 11.0. The van der Waals surface area contributed by atoms with E-state index in [1.807, 2.05) is 49.9 Å². The predicted molar refractivity (Wildman–Crippen MR) is 146 cm³/mol. The molecule has 1 amide bonds. The van der Waals surface area contributed by atoms with Crippen LogP contribution >= 0.6 is 11.3 Å². The number of aryl methyl sites for hydroxylation is 1. The topological polar surface area (TPSA) is 80.7 Å². The number of methoxy groups -OCH3 is 1.